The molecule has 1 aromatic carbocycles. The van der Waals surface area contributed by atoms with Gasteiger partial charge in [-0.15, -0.1) is 13.2 Å². The third-order valence-electron chi connectivity index (χ3n) is 3.79. The first kappa shape index (κ1) is 17.8. The van der Waals surface area contributed by atoms with Crippen molar-refractivity contribution in [2.75, 3.05) is 0 Å². The van der Waals surface area contributed by atoms with Gasteiger partial charge in [0.15, 0.2) is 0 Å². The molecule has 0 radical (unpaired) electrons. The maximum Gasteiger partial charge on any atom is 0.573 e. The Morgan fingerprint density at radius 1 is 1.19 bits per heavy atom. The SMILES string of the molecule is CC(CC(NN)c1ccccc1OC(F)(F)F)C(C)(C)C. The molecule has 6 heteroatoms. The molecule has 0 aliphatic heterocycles. The monoisotopic (exact) mass is 304 g/mol. The molecule has 0 saturated heterocycles. The van der Waals surface area contributed by atoms with Crippen LogP contribution in [0.2, 0.25) is 0 Å². The number of rotatable bonds is 5. The lowest BCUT2D eigenvalue weighted by Gasteiger charge is -2.31. The fourth-order valence-corrected chi connectivity index (χ4v) is 1.98. The van der Waals surface area contributed by atoms with Crippen molar-refractivity contribution in [1.82, 2.24) is 5.43 Å². The van der Waals surface area contributed by atoms with Crippen LogP contribution in [0.5, 0.6) is 5.75 Å². The van der Waals surface area contributed by atoms with Gasteiger partial charge in [-0.3, -0.25) is 11.3 Å². The van der Waals surface area contributed by atoms with Crippen molar-refractivity contribution in [2.24, 2.45) is 17.2 Å². The van der Waals surface area contributed by atoms with E-state index >= 15 is 0 Å². The lowest BCUT2D eigenvalue weighted by atomic mass is 9.77. The van der Waals surface area contributed by atoms with Gasteiger partial charge in [-0.2, -0.15) is 0 Å². The summed E-state index contributed by atoms with van der Waals surface area (Å²) in [5, 5.41) is 0. The van der Waals surface area contributed by atoms with Gasteiger partial charge in [-0.05, 0) is 23.8 Å². The van der Waals surface area contributed by atoms with E-state index in [9.17, 15) is 13.2 Å². The Kier molecular flexibility index (Phi) is 5.64. The van der Waals surface area contributed by atoms with Crippen LogP contribution in [0.25, 0.3) is 0 Å². The first-order chi connectivity index (χ1) is 9.54. The minimum atomic E-state index is -4.72. The average molecular weight is 304 g/mol. The lowest BCUT2D eigenvalue weighted by Crippen LogP contribution is -2.32. The van der Waals surface area contributed by atoms with Crippen LogP contribution in [-0.2, 0) is 0 Å². The van der Waals surface area contributed by atoms with Crippen LogP contribution in [0.3, 0.4) is 0 Å². The number of nitrogens with two attached hydrogens (primary N) is 1. The van der Waals surface area contributed by atoms with E-state index in [2.05, 4.69) is 37.9 Å². The van der Waals surface area contributed by atoms with E-state index in [1.165, 1.54) is 12.1 Å². The number of halogens is 3. The quantitative estimate of drug-likeness (QED) is 0.634. The van der Waals surface area contributed by atoms with Gasteiger partial charge in [0.25, 0.3) is 0 Å². The first-order valence-electron chi connectivity index (χ1n) is 6.85. The van der Waals surface area contributed by atoms with Crippen LogP contribution in [0.1, 0.15) is 45.7 Å². The number of hydrogen-bond acceptors (Lipinski definition) is 3. The van der Waals surface area contributed by atoms with Gasteiger partial charge in [0, 0.05) is 11.6 Å². The molecule has 3 nitrogen and oxygen atoms in total. The molecule has 0 aliphatic rings. The summed E-state index contributed by atoms with van der Waals surface area (Å²) in [6.07, 6.45) is -4.11. The van der Waals surface area contributed by atoms with Crippen molar-refractivity contribution in [1.29, 1.82) is 0 Å². The molecule has 1 aromatic rings. The minimum absolute atomic E-state index is 0.0366. The summed E-state index contributed by atoms with van der Waals surface area (Å²) in [4.78, 5) is 0. The van der Waals surface area contributed by atoms with E-state index in [-0.39, 0.29) is 17.1 Å². The zero-order valence-corrected chi connectivity index (χ0v) is 12.8. The fraction of sp³-hybridized carbons (Fsp3) is 0.600. The van der Waals surface area contributed by atoms with Crippen LogP contribution in [0.4, 0.5) is 13.2 Å². The van der Waals surface area contributed by atoms with E-state index in [4.69, 9.17) is 5.84 Å². The third-order valence-corrected chi connectivity index (χ3v) is 3.79. The van der Waals surface area contributed by atoms with Crippen LogP contribution in [-0.4, -0.2) is 6.36 Å². The summed E-state index contributed by atoms with van der Waals surface area (Å²) in [7, 11) is 0. The molecular weight excluding hydrogens is 281 g/mol. The normalized spacial score (nSPS) is 15.6. The first-order valence-corrected chi connectivity index (χ1v) is 6.85. The number of nitrogens with one attached hydrogen (secondary N) is 1. The molecule has 2 atom stereocenters. The second kappa shape index (κ2) is 6.66. The summed E-state index contributed by atoms with van der Waals surface area (Å²) in [5.74, 6) is 5.59. The molecule has 0 aliphatic carbocycles. The minimum Gasteiger partial charge on any atom is -0.405 e. The molecule has 21 heavy (non-hydrogen) atoms. The largest absolute Gasteiger partial charge is 0.573 e. The Bertz CT molecular complexity index is 455. The molecule has 1 rings (SSSR count). The summed E-state index contributed by atoms with van der Waals surface area (Å²) >= 11 is 0. The second-order valence-electron chi connectivity index (χ2n) is 6.31. The number of para-hydroxylation sites is 1. The van der Waals surface area contributed by atoms with Crippen LogP contribution in [0.15, 0.2) is 24.3 Å². The highest BCUT2D eigenvalue weighted by Crippen LogP contribution is 2.37. The number of hydrogen-bond donors (Lipinski definition) is 2. The summed E-state index contributed by atoms with van der Waals surface area (Å²) in [6.45, 7) is 8.31. The van der Waals surface area contributed by atoms with Gasteiger partial charge in [0.1, 0.15) is 5.75 Å². The van der Waals surface area contributed by atoms with Gasteiger partial charge in [0.05, 0.1) is 0 Å². The van der Waals surface area contributed by atoms with E-state index in [0.717, 1.165) is 0 Å². The second-order valence-corrected chi connectivity index (χ2v) is 6.31. The van der Waals surface area contributed by atoms with Crippen molar-refractivity contribution in [3.05, 3.63) is 29.8 Å². The van der Waals surface area contributed by atoms with E-state index < -0.39 is 12.4 Å². The van der Waals surface area contributed by atoms with Crippen LogP contribution in [0, 0.1) is 11.3 Å². The third kappa shape index (κ3) is 5.55. The highest BCUT2D eigenvalue weighted by Gasteiger charge is 2.33. The van der Waals surface area contributed by atoms with Gasteiger partial charge in [-0.25, -0.2) is 0 Å². The number of hydrazine groups is 1. The zero-order valence-electron chi connectivity index (χ0n) is 12.8. The predicted octanol–water partition coefficient (Wildman–Crippen LogP) is 4.16. The van der Waals surface area contributed by atoms with Crippen molar-refractivity contribution in [3.8, 4) is 5.75 Å². The van der Waals surface area contributed by atoms with E-state index in [1.807, 2.05) is 0 Å². The maximum atomic E-state index is 12.5. The molecular formula is C15H23F3N2O. The van der Waals surface area contributed by atoms with Gasteiger partial charge < -0.3 is 4.74 Å². The van der Waals surface area contributed by atoms with Crippen molar-refractivity contribution >= 4 is 0 Å². The Balaban J connectivity index is 3.01. The van der Waals surface area contributed by atoms with Crippen molar-refractivity contribution in [2.45, 2.75) is 46.5 Å². The Labute approximate surface area is 123 Å². The molecule has 0 heterocycles. The molecule has 120 valence electrons. The van der Waals surface area contributed by atoms with E-state index in [1.54, 1.807) is 12.1 Å². The summed E-state index contributed by atoms with van der Waals surface area (Å²) in [6, 6.07) is 5.67. The standard InChI is InChI=1S/C15H23F3N2O/c1-10(14(2,3)4)9-12(20-19)11-7-5-6-8-13(11)21-15(16,17)18/h5-8,10,12,20H,9,19H2,1-4H3. The highest BCUT2D eigenvalue weighted by molar-refractivity contribution is 5.36. The van der Waals surface area contributed by atoms with Gasteiger partial charge in [-0.1, -0.05) is 45.9 Å². The molecule has 0 fully saturated rings. The van der Waals surface area contributed by atoms with Crippen LogP contribution < -0.4 is 16.0 Å². The zero-order chi connectivity index (χ0) is 16.3. The van der Waals surface area contributed by atoms with E-state index in [0.29, 0.717) is 12.0 Å². The molecule has 0 aromatic heterocycles. The van der Waals surface area contributed by atoms with Crippen molar-refractivity contribution < 1.29 is 17.9 Å². The lowest BCUT2D eigenvalue weighted by molar-refractivity contribution is -0.275. The van der Waals surface area contributed by atoms with Crippen molar-refractivity contribution in [3.63, 3.8) is 0 Å². The highest BCUT2D eigenvalue weighted by atomic mass is 19.4. The molecule has 3 N–H and O–H groups in total. The predicted molar refractivity (Wildman–Crippen MR) is 76.4 cm³/mol. The smallest absolute Gasteiger partial charge is 0.405 e. The Morgan fingerprint density at radius 2 is 1.76 bits per heavy atom. The number of alkyl halides is 3. The van der Waals surface area contributed by atoms with Crippen LogP contribution >= 0.6 is 0 Å². The topological polar surface area (TPSA) is 47.3 Å². The van der Waals surface area contributed by atoms with Gasteiger partial charge >= 0.3 is 6.36 Å². The molecule has 0 bridgehead atoms. The molecule has 0 saturated carbocycles. The summed E-state index contributed by atoms with van der Waals surface area (Å²) in [5.41, 5.74) is 3.05. The number of ether oxygens (including phenoxy) is 1. The van der Waals surface area contributed by atoms with Gasteiger partial charge in [0.2, 0.25) is 0 Å². The summed E-state index contributed by atoms with van der Waals surface area (Å²) < 4.78 is 41.5. The molecule has 0 spiro atoms. The number of benzene rings is 1. The average Bonchev–Trinajstić information content (AvgIpc) is 2.33. The maximum absolute atomic E-state index is 12.5. The molecule has 2 unspecified atom stereocenters. The fourth-order valence-electron chi connectivity index (χ4n) is 1.98. The Hall–Kier alpha value is -1.27. The molecule has 0 amide bonds. The Morgan fingerprint density at radius 3 is 2.24 bits per heavy atom.